The van der Waals surface area contributed by atoms with Crippen molar-refractivity contribution in [3.63, 3.8) is 0 Å². The van der Waals surface area contributed by atoms with Crippen LogP contribution in [-0.4, -0.2) is 53.1 Å². The van der Waals surface area contributed by atoms with Crippen LogP contribution in [0.15, 0.2) is 58.7 Å². The summed E-state index contributed by atoms with van der Waals surface area (Å²) in [5, 5.41) is 7.73. The van der Waals surface area contributed by atoms with Gasteiger partial charge in [0.25, 0.3) is 0 Å². The average molecular weight is 358 g/mol. The van der Waals surface area contributed by atoms with Crippen molar-refractivity contribution in [2.75, 3.05) is 32.4 Å². The van der Waals surface area contributed by atoms with Crippen molar-refractivity contribution >= 4 is 17.7 Å². The molecule has 134 valence electrons. The van der Waals surface area contributed by atoms with Crippen molar-refractivity contribution in [3.05, 3.63) is 48.8 Å². The van der Waals surface area contributed by atoms with Gasteiger partial charge < -0.3 is 10.2 Å². The van der Waals surface area contributed by atoms with Gasteiger partial charge in [-0.3, -0.25) is 9.67 Å². The van der Waals surface area contributed by atoms with E-state index in [2.05, 4.69) is 50.6 Å². The van der Waals surface area contributed by atoms with Gasteiger partial charge in [-0.1, -0.05) is 18.2 Å². The maximum absolute atomic E-state index is 4.46. The monoisotopic (exact) mass is 357 g/mol. The normalized spacial score (nSPS) is 17.9. The third-order valence-corrected chi connectivity index (χ3v) is 5.68. The van der Waals surface area contributed by atoms with Crippen molar-refractivity contribution < 1.29 is 0 Å². The smallest absolute Gasteiger partial charge is 0.193 e. The molecule has 6 heteroatoms. The highest BCUT2D eigenvalue weighted by Gasteiger charge is 2.24. The van der Waals surface area contributed by atoms with E-state index in [1.54, 1.807) is 0 Å². The van der Waals surface area contributed by atoms with Gasteiger partial charge >= 0.3 is 0 Å². The maximum atomic E-state index is 4.46. The maximum Gasteiger partial charge on any atom is 0.193 e. The summed E-state index contributed by atoms with van der Waals surface area (Å²) in [6.45, 7) is 4.05. The molecule has 2 aromatic rings. The molecule has 0 bridgehead atoms. The fraction of sp³-hybridized carbons (Fsp3) is 0.474. The zero-order chi connectivity index (χ0) is 17.3. The van der Waals surface area contributed by atoms with Gasteiger partial charge in [-0.05, 0) is 37.0 Å². The molecule has 2 heterocycles. The van der Waals surface area contributed by atoms with Crippen molar-refractivity contribution in [1.82, 2.24) is 20.0 Å². The number of guanidine groups is 1. The second-order valence-corrected chi connectivity index (χ2v) is 7.41. The molecule has 5 nitrogen and oxygen atoms in total. The first-order valence-electron chi connectivity index (χ1n) is 8.96. The van der Waals surface area contributed by atoms with E-state index in [1.165, 1.54) is 17.1 Å². The number of nitrogens with zero attached hydrogens (tertiary/aromatic N) is 4. The van der Waals surface area contributed by atoms with Crippen LogP contribution in [0.3, 0.4) is 0 Å². The number of hydrogen-bond acceptors (Lipinski definition) is 3. The lowest BCUT2D eigenvalue weighted by atomic mass is 10.2. The number of nitrogens with one attached hydrogen (secondary N) is 1. The van der Waals surface area contributed by atoms with Gasteiger partial charge in [-0.15, -0.1) is 11.8 Å². The van der Waals surface area contributed by atoms with E-state index in [4.69, 9.17) is 0 Å². The molecular formula is C19H27N5S. The van der Waals surface area contributed by atoms with E-state index in [9.17, 15) is 0 Å². The van der Waals surface area contributed by atoms with Gasteiger partial charge in [0, 0.05) is 56.3 Å². The number of likely N-dealkylation sites (tertiary alicyclic amines) is 1. The predicted octanol–water partition coefficient (Wildman–Crippen LogP) is 2.96. The summed E-state index contributed by atoms with van der Waals surface area (Å²) >= 11 is 1.96. The standard InChI is InChI=1S/C19H27N5S/c1-20-19(21-10-5-12-24-13-6-11-22-24)23-14-9-17(15-23)16-25-18-7-3-2-4-8-18/h2-4,6-8,11,13,17H,5,9-10,12,14-16H2,1H3,(H,20,21). The Morgan fingerprint density at radius 3 is 2.96 bits per heavy atom. The number of aromatic nitrogens is 2. The third kappa shape index (κ3) is 5.53. The Morgan fingerprint density at radius 2 is 2.20 bits per heavy atom. The van der Waals surface area contributed by atoms with Crippen molar-refractivity contribution in [2.45, 2.75) is 24.3 Å². The number of rotatable bonds is 7. The minimum atomic E-state index is 0.729. The van der Waals surface area contributed by atoms with Crippen LogP contribution in [0.5, 0.6) is 0 Å². The van der Waals surface area contributed by atoms with E-state index in [-0.39, 0.29) is 0 Å². The highest BCUT2D eigenvalue weighted by atomic mass is 32.2. The van der Waals surface area contributed by atoms with E-state index in [0.717, 1.165) is 44.5 Å². The van der Waals surface area contributed by atoms with Gasteiger partial charge in [-0.25, -0.2) is 0 Å². The summed E-state index contributed by atoms with van der Waals surface area (Å²) in [4.78, 5) is 8.22. The van der Waals surface area contributed by atoms with Gasteiger partial charge in [0.15, 0.2) is 5.96 Å². The molecule has 25 heavy (non-hydrogen) atoms. The van der Waals surface area contributed by atoms with Crippen LogP contribution in [0.1, 0.15) is 12.8 Å². The molecule has 1 aliphatic heterocycles. The molecule has 0 saturated carbocycles. The average Bonchev–Trinajstić information content (AvgIpc) is 3.33. The highest BCUT2D eigenvalue weighted by Crippen LogP contribution is 2.25. The summed E-state index contributed by atoms with van der Waals surface area (Å²) in [5.41, 5.74) is 0. The van der Waals surface area contributed by atoms with Crippen molar-refractivity contribution in [3.8, 4) is 0 Å². The SMILES string of the molecule is CN=C(NCCCn1cccn1)N1CCC(CSc2ccccc2)C1. The van der Waals surface area contributed by atoms with Gasteiger partial charge in [0.1, 0.15) is 0 Å². The first-order chi connectivity index (χ1) is 12.3. The Kier molecular flexibility index (Phi) is 6.79. The highest BCUT2D eigenvalue weighted by molar-refractivity contribution is 7.99. The number of hydrogen-bond donors (Lipinski definition) is 1. The Balaban J connectivity index is 1.37. The summed E-state index contributed by atoms with van der Waals surface area (Å²) in [6.07, 6.45) is 6.12. The first kappa shape index (κ1) is 17.9. The first-order valence-corrected chi connectivity index (χ1v) is 9.94. The van der Waals surface area contributed by atoms with E-state index < -0.39 is 0 Å². The zero-order valence-corrected chi connectivity index (χ0v) is 15.7. The number of thioether (sulfide) groups is 1. The number of aliphatic imine (C=N–C) groups is 1. The third-order valence-electron chi connectivity index (χ3n) is 4.43. The molecule has 0 radical (unpaired) electrons. The summed E-state index contributed by atoms with van der Waals surface area (Å²) in [7, 11) is 1.88. The molecule has 1 atom stereocenters. The molecule has 1 saturated heterocycles. The molecule has 1 unspecified atom stereocenters. The topological polar surface area (TPSA) is 45.5 Å². The Morgan fingerprint density at radius 1 is 1.32 bits per heavy atom. The van der Waals surface area contributed by atoms with Crippen molar-refractivity contribution in [1.29, 1.82) is 0 Å². The van der Waals surface area contributed by atoms with Gasteiger partial charge in [0.05, 0.1) is 0 Å². The summed E-state index contributed by atoms with van der Waals surface area (Å²) in [6, 6.07) is 12.6. The molecule has 3 rings (SSSR count). The van der Waals surface area contributed by atoms with Crippen LogP contribution in [0.4, 0.5) is 0 Å². The minimum absolute atomic E-state index is 0.729. The van der Waals surface area contributed by atoms with Gasteiger partial charge in [0.2, 0.25) is 0 Å². The number of aryl methyl sites for hydroxylation is 1. The van der Waals surface area contributed by atoms with Crippen LogP contribution in [0, 0.1) is 5.92 Å². The Bertz CT molecular complexity index is 641. The lowest BCUT2D eigenvalue weighted by Gasteiger charge is -2.21. The second kappa shape index (κ2) is 9.51. The number of benzene rings is 1. The molecule has 1 N–H and O–H groups in total. The summed E-state index contributed by atoms with van der Waals surface area (Å²) < 4.78 is 1.97. The largest absolute Gasteiger partial charge is 0.356 e. The van der Waals surface area contributed by atoms with Crippen LogP contribution in [0.25, 0.3) is 0 Å². The zero-order valence-electron chi connectivity index (χ0n) is 14.8. The van der Waals surface area contributed by atoms with Crippen LogP contribution in [-0.2, 0) is 6.54 Å². The van der Waals surface area contributed by atoms with E-state index in [0.29, 0.717) is 0 Å². The minimum Gasteiger partial charge on any atom is -0.356 e. The molecule has 1 aromatic carbocycles. The van der Waals surface area contributed by atoms with Gasteiger partial charge in [-0.2, -0.15) is 5.10 Å². The van der Waals surface area contributed by atoms with Crippen LogP contribution < -0.4 is 5.32 Å². The molecule has 1 aromatic heterocycles. The molecular weight excluding hydrogens is 330 g/mol. The van der Waals surface area contributed by atoms with E-state index in [1.807, 2.05) is 42.0 Å². The van der Waals surface area contributed by atoms with Crippen molar-refractivity contribution in [2.24, 2.45) is 10.9 Å². The quantitative estimate of drug-likeness (QED) is 0.358. The molecule has 1 fully saturated rings. The molecule has 0 spiro atoms. The Hall–Kier alpha value is -1.95. The summed E-state index contributed by atoms with van der Waals surface area (Å²) in [5.74, 6) is 2.94. The fourth-order valence-electron chi connectivity index (χ4n) is 3.10. The molecule has 1 aliphatic rings. The van der Waals surface area contributed by atoms with E-state index >= 15 is 0 Å². The lowest BCUT2D eigenvalue weighted by Crippen LogP contribution is -2.40. The predicted molar refractivity (Wildman–Crippen MR) is 105 cm³/mol. The Labute approximate surface area is 154 Å². The molecule has 0 aliphatic carbocycles. The second-order valence-electron chi connectivity index (χ2n) is 6.32. The lowest BCUT2D eigenvalue weighted by molar-refractivity contribution is 0.469. The molecule has 0 amide bonds. The van der Waals surface area contributed by atoms with Crippen LogP contribution >= 0.6 is 11.8 Å². The van der Waals surface area contributed by atoms with Crippen LogP contribution in [0.2, 0.25) is 0 Å². The fourth-order valence-corrected chi connectivity index (χ4v) is 4.15.